The van der Waals surface area contributed by atoms with Crippen LogP contribution in [0.4, 0.5) is 0 Å². The molecule has 0 bridgehead atoms. The van der Waals surface area contributed by atoms with Gasteiger partial charge in [0, 0.05) is 19.2 Å². The highest BCUT2D eigenvalue weighted by Crippen LogP contribution is 2.29. The molecule has 11 nitrogen and oxygen atoms in total. The van der Waals surface area contributed by atoms with Crippen LogP contribution in [0.1, 0.15) is 59.0 Å². The van der Waals surface area contributed by atoms with E-state index in [1.807, 2.05) is 13.8 Å². The minimum atomic E-state index is -1.06. The topological polar surface area (TPSA) is 139 Å². The quantitative estimate of drug-likeness (QED) is 0.268. The van der Waals surface area contributed by atoms with Crippen LogP contribution in [0, 0.1) is 11.8 Å². The zero-order valence-corrected chi connectivity index (χ0v) is 20.9. The molecule has 0 unspecified atom stereocenters. The molecule has 0 saturated carbocycles. The third kappa shape index (κ3) is 8.53. The summed E-state index contributed by atoms with van der Waals surface area (Å²) in [6.45, 7) is 10.9. The molecule has 0 aliphatic heterocycles. The normalized spacial score (nSPS) is 13.5. The summed E-state index contributed by atoms with van der Waals surface area (Å²) in [4.78, 5) is 52.4. The van der Waals surface area contributed by atoms with Gasteiger partial charge in [-0.25, -0.2) is 9.78 Å². The van der Waals surface area contributed by atoms with Crippen LogP contribution in [0.15, 0.2) is 12.3 Å². The molecule has 0 aliphatic carbocycles. The highest BCUT2D eigenvalue weighted by atomic mass is 16.7. The van der Waals surface area contributed by atoms with E-state index < -0.39 is 48.9 Å². The smallest absolute Gasteiger partial charge is 0.328 e. The number of rotatable bonds is 12. The van der Waals surface area contributed by atoms with Crippen molar-refractivity contribution in [3.8, 4) is 11.5 Å². The predicted octanol–water partition coefficient (Wildman–Crippen LogP) is 2.26. The van der Waals surface area contributed by atoms with Gasteiger partial charge in [0.15, 0.2) is 17.2 Å². The molecule has 1 N–H and O–H groups in total. The lowest BCUT2D eigenvalue weighted by molar-refractivity contribution is -0.173. The van der Waals surface area contributed by atoms with E-state index in [-0.39, 0.29) is 29.0 Å². The number of pyridine rings is 1. The molecule has 0 saturated heterocycles. The molecule has 190 valence electrons. The molecular weight excluding hydrogens is 448 g/mol. The Morgan fingerprint density at radius 1 is 1.00 bits per heavy atom. The molecule has 1 heterocycles. The molecule has 11 heteroatoms. The number of nitrogens with one attached hydrogen (secondary N) is 1. The van der Waals surface area contributed by atoms with E-state index in [2.05, 4.69) is 10.3 Å². The summed E-state index contributed by atoms with van der Waals surface area (Å²) >= 11 is 0. The van der Waals surface area contributed by atoms with Gasteiger partial charge in [-0.1, -0.05) is 27.7 Å². The van der Waals surface area contributed by atoms with Gasteiger partial charge < -0.3 is 29.0 Å². The minimum absolute atomic E-state index is 0.0573. The number of carbonyl (C=O) groups is 4. The molecule has 0 spiro atoms. The van der Waals surface area contributed by atoms with E-state index in [9.17, 15) is 19.2 Å². The number of ether oxygens (including phenoxy) is 5. The third-order valence-electron chi connectivity index (χ3n) is 4.62. The minimum Gasteiger partial charge on any atom is -0.493 e. The number of amides is 1. The average Bonchev–Trinajstić information content (AvgIpc) is 2.76. The molecule has 34 heavy (non-hydrogen) atoms. The maximum atomic E-state index is 12.8. The van der Waals surface area contributed by atoms with Gasteiger partial charge in [0.25, 0.3) is 5.91 Å². The lowest BCUT2D eigenvalue weighted by atomic mass is 10.0. The SMILES string of the molecule is COc1ccnc(C(=O)N[C@@H](C)C(=O)O[C@@H](C)[C@H](OC(=O)C(C)C)C(C)C)c1OCOC(C)=O. The first-order chi connectivity index (χ1) is 15.9. The van der Waals surface area contributed by atoms with Crippen molar-refractivity contribution in [3.63, 3.8) is 0 Å². The second-order valence-electron chi connectivity index (χ2n) is 8.23. The van der Waals surface area contributed by atoms with Gasteiger partial charge >= 0.3 is 17.9 Å². The first-order valence-electron chi connectivity index (χ1n) is 10.9. The molecule has 3 atom stereocenters. The fraction of sp³-hybridized carbons (Fsp3) is 0.609. The summed E-state index contributed by atoms with van der Waals surface area (Å²) < 4.78 is 26.2. The van der Waals surface area contributed by atoms with Gasteiger partial charge in [-0.2, -0.15) is 0 Å². The Kier molecular flexibility index (Phi) is 11.3. The molecule has 0 fully saturated rings. The number of hydrogen-bond acceptors (Lipinski definition) is 10. The van der Waals surface area contributed by atoms with Crippen molar-refractivity contribution in [1.29, 1.82) is 0 Å². The molecule has 0 aliphatic rings. The van der Waals surface area contributed by atoms with E-state index in [1.165, 1.54) is 33.2 Å². The first kappa shape index (κ1) is 28.7. The average molecular weight is 483 g/mol. The molecular formula is C23H34N2O9. The number of hydrogen-bond donors (Lipinski definition) is 1. The maximum absolute atomic E-state index is 12.8. The van der Waals surface area contributed by atoms with Crippen molar-refractivity contribution in [2.75, 3.05) is 13.9 Å². The summed E-state index contributed by atoms with van der Waals surface area (Å²) in [5.74, 6) is -2.73. The van der Waals surface area contributed by atoms with Gasteiger partial charge in [0.1, 0.15) is 18.2 Å². The number of nitrogens with zero attached hydrogens (tertiary/aromatic N) is 1. The van der Waals surface area contributed by atoms with Crippen molar-refractivity contribution in [2.24, 2.45) is 11.8 Å². The van der Waals surface area contributed by atoms with Crippen molar-refractivity contribution >= 4 is 23.8 Å². The molecule has 1 rings (SSSR count). The van der Waals surface area contributed by atoms with Crippen LogP contribution < -0.4 is 14.8 Å². The van der Waals surface area contributed by atoms with E-state index in [1.54, 1.807) is 20.8 Å². The lowest BCUT2D eigenvalue weighted by Crippen LogP contribution is -2.44. The second-order valence-corrected chi connectivity index (χ2v) is 8.23. The Bertz CT molecular complexity index is 870. The van der Waals surface area contributed by atoms with E-state index in [4.69, 9.17) is 23.7 Å². The van der Waals surface area contributed by atoms with E-state index in [0.29, 0.717) is 0 Å². The van der Waals surface area contributed by atoms with Gasteiger partial charge in [-0.05, 0) is 19.8 Å². The van der Waals surface area contributed by atoms with Crippen LogP contribution >= 0.6 is 0 Å². The van der Waals surface area contributed by atoms with Gasteiger partial charge in [0.2, 0.25) is 6.79 Å². The van der Waals surface area contributed by atoms with Gasteiger partial charge in [0.05, 0.1) is 13.0 Å². The number of carbonyl (C=O) groups excluding carboxylic acids is 4. The largest absolute Gasteiger partial charge is 0.493 e. The predicted molar refractivity (Wildman–Crippen MR) is 120 cm³/mol. The molecule has 0 radical (unpaired) electrons. The van der Waals surface area contributed by atoms with Crippen molar-refractivity contribution in [1.82, 2.24) is 10.3 Å². The zero-order valence-electron chi connectivity index (χ0n) is 20.9. The number of aromatic nitrogens is 1. The molecule has 0 aromatic carbocycles. The van der Waals surface area contributed by atoms with Gasteiger partial charge in [-0.15, -0.1) is 0 Å². The Morgan fingerprint density at radius 2 is 1.65 bits per heavy atom. The van der Waals surface area contributed by atoms with Crippen LogP contribution in [0.25, 0.3) is 0 Å². The monoisotopic (exact) mass is 482 g/mol. The van der Waals surface area contributed by atoms with Crippen molar-refractivity contribution in [3.05, 3.63) is 18.0 Å². The van der Waals surface area contributed by atoms with E-state index >= 15 is 0 Å². The first-order valence-corrected chi connectivity index (χ1v) is 10.9. The Hall–Kier alpha value is -3.37. The van der Waals surface area contributed by atoms with Crippen molar-refractivity contribution in [2.45, 2.75) is 66.7 Å². The third-order valence-corrected chi connectivity index (χ3v) is 4.62. The Labute approximate surface area is 199 Å². The van der Waals surface area contributed by atoms with Gasteiger partial charge in [-0.3, -0.25) is 14.4 Å². The van der Waals surface area contributed by atoms with Crippen LogP contribution in [0.5, 0.6) is 11.5 Å². The number of esters is 3. The lowest BCUT2D eigenvalue weighted by Gasteiger charge is -2.28. The van der Waals surface area contributed by atoms with Crippen molar-refractivity contribution < 1.29 is 42.9 Å². The fourth-order valence-electron chi connectivity index (χ4n) is 2.78. The summed E-state index contributed by atoms with van der Waals surface area (Å²) in [5.41, 5.74) is -0.176. The van der Waals surface area contributed by atoms with Crippen LogP contribution in [0.2, 0.25) is 0 Å². The Balaban J connectivity index is 2.89. The standard InChI is InChI=1S/C23H34N2O9/c1-12(2)19(34-22(28)13(3)4)15(6)33-23(29)14(5)25-21(27)18-20(32-11-31-16(7)26)17(30-8)9-10-24-18/h9-10,12-15,19H,11H2,1-8H3,(H,25,27)/t14-,15-,19+/m0/s1. The summed E-state index contributed by atoms with van der Waals surface area (Å²) in [7, 11) is 1.37. The van der Waals surface area contributed by atoms with E-state index in [0.717, 1.165) is 0 Å². The summed E-state index contributed by atoms with van der Waals surface area (Å²) in [6.07, 6.45) is -0.0661. The van der Waals surface area contributed by atoms with Crippen LogP contribution in [-0.4, -0.2) is 61.0 Å². The van der Waals surface area contributed by atoms with Crippen LogP contribution in [0.3, 0.4) is 0 Å². The maximum Gasteiger partial charge on any atom is 0.328 e. The summed E-state index contributed by atoms with van der Waals surface area (Å²) in [5, 5.41) is 2.49. The Morgan fingerprint density at radius 3 is 2.18 bits per heavy atom. The summed E-state index contributed by atoms with van der Waals surface area (Å²) in [6, 6.07) is 0.405. The molecule has 1 aromatic heterocycles. The zero-order chi connectivity index (χ0) is 26.0. The molecule has 1 amide bonds. The highest BCUT2D eigenvalue weighted by Gasteiger charge is 2.31. The fourth-order valence-corrected chi connectivity index (χ4v) is 2.78. The van der Waals surface area contributed by atoms with Crippen LogP contribution in [-0.2, 0) is 28.6 Å². The highest BCUT2D eigenvalue weighted by molar-refractivity contribution is 5.98. The number of methoxy groups -OCH3 is 1. The second kappa shape index (κ2) is 13.4. The molecule has 1 aromatic rings.